The third-order valence-electron chi connectivity index (χ3n) is 1.42. The standard InChI is InChI=1S/C9H9NO/c1-7(10)9-4-2-8(6-11)3-5-9/h2-6H,1,10H2. The van der Waals surface area contributed by atoms with Gasteiger partial charge in [-0.3, -0.25) is 4.79 Å². The van der Waals surface area contributed by atoms with E-state index < -0.39 is 0 Å². The molecular formula is C9H9NO. The third kappa shape index (κ3) is 1.67. The second-order valence-corrected chi connectivity index (χ2v) is 2.27. The molecule has 56 valence electrons. The molecule has 0 spiro atoms. The van der Waals surface area contributed by atoms with Crippen LogP contribution in [0.5, 0.6) is 0 Å². The van der Waals surface area contributed by atoms with Gasteiger partial charge in [0.15, 0.2) is 0 Å². The van der Waals surface area contributed by atoms with Crippen molar-refractivity contribution >= 4 is 12.0 Å². The van der Waals surface area contributed by atoms with Crippen molar-refractivity contribution in [3.05, 3.63) is 42.0 Å². The van der Waals surface area contributed by atoms with E-state index in [9.17, 15) is 4.79 Å². The van der Waals surface area contributed by atoms with Crippen molar-refractivity contribution in [2.24, 2.45) is 5.73 Å². The van der Waals surface area contributed by atoms with Crippen LogP contribution >= 0.6 is 0 Å². The Morgan fingerprint density at radius 2 is 1.91 bits per heavy atom. The highest BCUT2D eigenvalue weighted by molar-refractivity contribution is 5.75. The summed E-state index contributed by atoms with van der Waals surface area (Å²) in [6.07, 6.45) is 0.795. The van der Waals surface area contributed by atoms with E-state index in [2.05, 4.69) is 6.58 Å². The number of carbonyl (C=O) groups is 1. The lowest BCUT2D eigenvalue weighted by Crippen LogP contribution is -1.93. The molecule has 2 nitrogen and oxygen atoms in total. The summed E-state index contributed by atoms with van der Waals surface area (Å²) in [5, 5.41) is 0. The summed E-state index contributed by atoms with van der Waals surface area (Å²) in [4.78, 5) is 10.2. The highest BCUT2D eigenvalue weighted by Gasteiger charge is 1.92. The van der Waals surface area contributed by atoms with Crippen LogP contribution in [0.1, 0.15) is 15.9 Å². The normalized spacial score (nSPS) is 9.09. The number of aldehydes is 1. The zero-order chi connectivity index (χ0) is 8.27. The van der Waals surface area contributed by atoms with E-state index in [0.717, 1.165) is 11.8 Å². The maximum atomic E-state index is 10.2. The fraction of sp³-hybridized carbons (Fsp3) is 0. The predicted octanol–water partition coefficient (Wildman–Crippen LogP) is 1.43. The van der Waals surface area contributed by atoms with Crippen LogP contribution in [0.15, 0.2) is 30.8 Å². The maximum Gasteiger partial charge on any atom is 0.150 e. The van der Waals surface area contributed by atoms with Gasteiger partial charge in [-0.15, -0.1) is 0 Å². The van der Waals surface area contributed by atoms with Crippen LogP contribution in [0, 0.1) is 0 Å². The number of hydrogen-bond donors (Lipinski definition) is 1. The molecule has 0 saturated carbocycles. The molecule has 0 bridgehead atoms. The van der Waals surface area contributed by atoms with E-state index in [1.165, 1.54) is 0 Å². The Labute approximate surface area is 65.3 Å². The van der Waals surface area contributed by atoms with Crippen LogP contribution in [0.4, 0.5) is 0 Å². The lowest BCUT2D eigenvalue weighted by molar-refractivity contribution is 0.112. The number of nitrogens with two attached hydrogens (primary N) is 1. The molecule has 1 aromatic rings. The fourth-order valence-corrected chi connectivity index (χ4v) is 0.776. The summed E-state index contributed by atoms with van der Waals surface area (Å²) in [7, 11) is 0. The van der Waals surface area contributed by atoms with Gasteiger partial charge < -0.3 is 5.73 Å². The molecule has 2 heteroatoms. The highest BCUT2D eigenvalue weighted by Crippen LogP contribution is 2.06. The van der Waals surface area contributed by atoms with Gasteiger partial charge in [-0.2, -0.15) is 0 Å². The quantitative estimate of drug-likeness (QED) is 0.643. The molecule has 0 fully saturated rings. The first-order valence-electron chi connectivity index (χ1n) is 3.24. The van der Waals surface area contributed by atoms with Crippen LogP contribution in [0.25, 0.3) is 5.70 Å². The second-order valence-electron chi connectivity index (χ2n) is 2.27. The topological polar surface area (TPSA) is 43.1 Å². The largest absolute Gasteiger partial charge is 0.399 e. The number of hydrogen-bond acceptors (Lipinski definition) is 2. The van der Waals surface area contributed by atoms with Crippen molar-refractivity contribution in [2.75, 3.05) is 0 Å². The average molecular weight is 147 g/mol. The molecular weight excluding hydrogens is 138 g/mol. The molecule has 0 aromatic heterocycles. The van der Waals surface area contributed by atoms with E-state index in [4.69, 9.17) is 5.73 Å². The van der Waals surface area contributed by atoms with Crippen LogP contribution in [-0.4, -0.2) is 6.29 Å². The minimum Gasteiger partial charge on any atom is -0.399 e. The van der Waals surface area contributed by atoms with E-state index in [1.54, 1.807) is 24.3 Å². The molecule has 0 atom stereocenters. The van der Waals surface area contributed by atoms with Gasteiger partial charge in [0.05, 0.1) is 0 Å². The van der Waals surface area contributed by atoms with Crippen LogP contribution in [-0.2, 0) is 0 Å². The summed E-state index contributed by atoms with van der Waals surface area (Å²) in [6.45, 7) is 3.57. The molecule has 2 N–H and O–H groups in total. The SMILES string of the molecule is C=C(N)c1ccc(C=O)cc1. The van der Waals surface area contributed by atoms with E-state index >= 15 is 0 Å². The number of rotatable bonds is 2. The molecule has 0 aliphatic carbocycles. The van der Waals surface area contributed by atoms with Gasteiger partial charge in [-0.1, -0.05) is 30.8 Å². The predicted molar refractivity (Wildman–Crippen MR) is 45.1 cm³/mol. The van der Waals surface area contributed by atoms with E-state index in [-0.39, 0.29) is 0 Å². The van der Waals surface area contributed by atoms with Gasteiger partial charge in [-0.05, 0) is 5.56 Å². The van der Waals surface area contributed by atoms with Gasteiger partial charge in [0.25, 0.3) is 0 Å². The lowest BCUT2D eigenvalue weighted by atomic mass is 10.1. The Balaban J connectivity index is 3.00. The molecule has 0 heterocycles. The summed E-state index contributed by atoms with van der Waals surface area (Å²) in [6, 6.07) is 6.96. The van der Waals surface area contributed by atoms with Crippen molar-refractivity contribution in [2.45, 2.75) is 0 Å². The Kier molecular flexibility index (Phi) is 2.06. The third-order valence-corrected chi connectivity index (χ3v) is 1.42. The van der Waals surface area contributed by atoms with Gasteiger partial charge >= 0.3 is 0 Å². The van der Waals surface area contributed by atoms with E-state index in [0.29, 0.717) is 11.3 Å². The number of carbonyl (C=O) groups excluding carboxylic acids is 1. The zero-order valence-electron chi connectivity index (χ0n) is 6.08. The molecule has 0 unspecified atom stereocenters. The van der Waals surface area contributed by atoms with Crippen molar-refractivity contribution in [3.63, 3.8) is 0 Å². The van der Waals surface area contributed by atoms with Crippen molar-refractivity contribution in [3.8, 4) is 0 Å². The second kappa shape index (κ2) is 3.01. The average Bonchev–Trinajstić information content (AvgIpc) is 2.05. The van der Waals surface area contributed by atoms with Gasteiger partial charge in [-0.25, -0.2) is 0 Å². The smallest absolute Gasteiger partial charge is 0.150 e. The molecule has 0 amide bonds. The monoisotopic (exact) mass is 147 g/mol. The maximum absolute atomic E-state index is 10.2. The lowest BCUT2D eigenvalue weighted by Gasteiger charge is -1.97. The first kappa shape index (κ1) is 7.54. The van der Waals surface area contributed by atoms with Crippen LogP contribution < -0.4 is 5.73 Å². The molecule has 1 rings (SSSR count). The molecule has 0 radical (unpaired) electrons. The van der Waals surface area contributed by atoms with Crippen molar-refractivity contribution < 1.29 is 4.79 Å². The van der Waals surface area contributed by atoms with Gasteiger partial charge in [0, 0.05) is 11.3 Å². The van der Waals surface area contributed by atoms with Crippen LogP contribution in [0.2, 0.25) is 0 Å². The Morgan fingerprint density at radius 3 is 2.27 bits per heavy atom. The fourth-order valence-electron chi connectivity index (χ4n) is 0.776. The van der Waals surface area contributed by atoms with Gasteiger partial charge in [0.2, 0.25) is 0 Å². The minimum absolute atomic E-state index is 0.516. The first-order chi connectivity index (χ1) is 5.24. The first-order valence-corrected chi connectivity index (χ1v) is 3.24. The van der Waals surface area contributed by atoms with Crippen molar-refractivity contribution in [1.29, 1.82) is 0 Å². The minimum atomic E-state index is 0.516. The van der Waals surface area contributed by atoms with E-state index in [1.807, 2.05) is 0 Å². The van der Waals surface area contributed by atoms with Crippen molar-refractivity contribution in [1.82, 2.24) is 0 Å². The number of benzene rings is 1. The van der Waals surface area contributed by atoms with Gasteiger partial charge in [0.1, 0.15) is 6.29 Å². The highest BCUT2D eigenvalue weighted by atomic mass is 16.1. The summed E-state index contributed by atoms with van der Waals surface area (Å²) in [5.41, 5.74) is 7.44. The molecule has 0 saturated heterocycles. The Hall–Kier alpha value is -1.57. The molecule has 1 aromatic carbocycles. The molecule has 0 aliphatic heterocycles. The molecule has 11 heavy (non-hydrogen) atoms. The zero-order valence-corrected chi connectivity index (χ0v) is 6.08. The summed E-state index contributed by atoms with van der Waals surface area (Å²) < 4.78 is 0. The molecule has 0 aliphatic rings. The van der Waals surface area contributed by atoms with Crippen LogP contribution in [0.3, 0.4) is 0 Å². The Bertz CT molecular complexity index is 274. The summed E-state index contributed by atoms with van der Waals surface area (Å²) >= 11 is 0. The summed E-state index contributed by atoms with van der Waals surface area (Å²) in [5.74, 6) is 0. The Morgan fingerprint density at radius 1 is 1.36 bits per heavy atom.